The van der Waals surface area contributed by atoms with Crippen LogP contribution < -0.4 is 5.32 Å². The molecule has 0 bridgehead atoms. The Bertz CT molecular complexity index is 384. The minimum absolute atomic E-state index is 0. The number of hydrogen-bond acceptors (Lipinski definition) is 3. The van der Waals surface area contributed by atoms with E-state index in [0.717, 1.165) is 57.2 Å². The van der Waals surface area contributed by atoms with Gasteiger partial charge in [-0.1, -0.05) is 26.7 Å². The number of rotatable bonds is 9. The molecule has 0 aromatic heterocycles. The number of nitrogens with one attached hydrogen (secondary N) is 1. The van der Waals surface area contributed by atoms with Gasteiger partial charge in [-0.2, -0.15) is 0 Å². The number of hydrogen-bond donors (Lipinski definition) is 1. The Morgan fingerprint density at radius 3 is 2.50 bits per heavy atom. The summed E-state index contributed by atoms with van der Waals surface area (Å²) >= 11 is 0. The van der Waals surface area contributed by atoms with Crippen LogP contribution in [0.1, 0.15) is 52.9 Å². The zero-order valence-corrected chi connectivity index (χ0v) is 19.5. The molecular weight excluding hydrogens is 439 g/mol. The van der Waals surface area contributed by atoms with Crippen LogP contribution in [-0.2, 0) is 4.74 Å². The number of unbranched alkanes of at least 4 members (excludes halogenated alkanes) is 1. The summed E-state index contributed by atoms with van der Waals surface area (Å²) in [6.07, 6.45) is 6.36. The number of halogens is 1. The van der Waals surface area contributed by atoms with Crippen LogP contribution in [0.15, 0.2) is 4.99 Å². The summed E-state index contributed by atoms with van der Waals surface area (Å²) in [6, 6.07) is 0. The van der Waals surface area contributed by atoms with Gasteiger partial charge in [-0.25, -0.2) is 0 Å². The lowest BCUT2D eigenvalue weighted by Crippen LogP contribution is -2.40. The van der Waals surface area contributed by atoms with E-state index in [0.29, 0.717) is 0 Å². The second-order valence-corrected chi connectivity index (χ2v) is 7.47. The Morgan fingerprint density at radius 1 is 1.12 bits per heavy atom. The highest BCUT2D eigenvalue weighted by molar-refractivity contribution is 14.0. The van der Waals surface area contributed by atoms with Crippen molar-refractivity contribution in [3.8, 4) is 0 Å². The molecule has 0 aromatic carbocycles. The van der Waals surface area contributed by atoms with E-state index in [-0.39, 0.29) is 24.0 Å². The van der Waals surface area contributed by atoms with Crippen molar-refractivity contribution >= 4 is 29.9 Å². The first kappa shape index (κ1) is 24.0. The van der Waals surface area contributed by atoms with Gasteiger partial charge in [0.1, 0.15) is 0 Å². The standard InChI is InChI=1S/C20H40N4O.HI/c1-4-18(5-2)19-9-12-24(17-19)20(21-6-3)22-10-7-8-11-23-13-15-25-16-14-23;/h18-19H,4-17H2,1-3H3,(H,21,22);1H. The predicted octanol–water partition coefficient (Wildman–Crippen LogP) is 3.44. The molecule has 1 unspecified atom stereocenters. The summed E-state index contributed by atoms with van der Waals surface area (Å²) in [5.74, 6) is 2.86. The van der Waals surface area contributed by atoms with E-state index in [1.807, 2.05) is 0 Å². The van der Waals surface area contributed by atoms with Gasteiger partial charge in [-0.3, -0.25) is 9.89 Å². The smallest absolute Gasteiger partial charge is 0.193 e. The van der Waals surface area contributed by atoms with E-state index in [4.69, 9.17) is 9.73 Å². The van der Waals surface area contributed by atoms with Crippen LogP contribution >= 0.6 is 24.0 Å². The molecule has 0 aromatic rings. The normalized spacial score (nSPS) is 21.9. The van der Waals surface area contributed by atoms with Crippen LogP contribution in [0.25, 0.3) is 0 Å². The number of nitrogens with zero attached hydrogens (tertiary/aromatic N) is 3. The molecule has 2 heterocycles. The third kappa shape index (κ3) is 7.89. The molecule has 0 saturated carbocycles. The molecule has 0 spiro atoms. The monoisotopic (exact) mass is 480 g/mol. The average molecular weight is 480 g/mol. The van der Waals surface area contributed by atoms with Gasteiger partial charge in [0.2, 0.25) is 0 Å². The van der Waals surface area contributed by atoms with E-state index in [9.17, 15) is 0 Å². The fraction of sp³-hybridized carbons (Fsp3) is 0.950. The Hall–Kier alpha value is -0.0800. The van der Waals surface area contributed by atoms with Crippen molar-refractivity contribution in [3.63, 3.8) is 0 Å². The Balaban J connectivity index is 0.00000338. The molecule has 2 aliphatic heterocycles. The van der Waals surface area contributed by atoms with E-state index >= 15 is 0 Å². The van der Waals surface area contributed by atoms with Gasteiger partial charge >= 0.3 is 0 Å². The first-order chi connectivity index (χ1) is 12.3. The summed E-state index contributed by atoms with van der Waals surface area (Å²) in [6.45, 7) is 16.3. The van der Waals surface area contributed by atoms with Gasteiger partial charge < -0.3 is 15.0 Å². The van der Waals surface area contributed by atoms with Gasteiger partial charge in [0.25, 0.3) is 0 Å². The highest BCUT2D eigenvalue weighted by Crippen LogP contribution is 2.28. The van der Waals surface area contributed by atoms with Gasteiger partial charge in [-0.05, 0) is 44.6 Å². The molecule has 1 atom stereocenters. The molecule has 2 rings (SSSR count). The molecule has 26 heavy (non-hydrogen) atoms. The van der Waals surface area contributed by atoms with Crippen molar-refractivity contribution in [3.05, 3.63) is 0 Å². The lowest BCUT2D eigenvalue weighted by atomic mass is 9.87. The minimum atomic E-state index is 0. The van der Waals surface area contributed by atoms with Crippen molar-refractivity contribution in [2.24, 2.45) is 16.8 Å². The maximum atomic E-state index is 5.41. The fourth-order valence-corrected chi connectivity index (χ4v) is 4.20. The molecule has 2 aliphatic rings. The van der Waals surface area contributed by atoms with E-state index in [1.165, 1.54) is 51.7 Å². The van der Waals surface area contributed by atoms with E-state index < -0.39 is 0 Å². The molecule has 5 nitrogen and oxygen atoms in total. The number of ether oxygens (including phenoxy) is 1. The number of likely N-dealkylation sites (tertiary alicyclic amines) is 1. The summed E-state index contributed by atoms with van der Waals surface area (Å²) in [4.78, 5) is 9.92. The Labute approximate surface area is 178 Å². The molecule has 2 fully saturated rings. The lowest BCUT2D eigenvalue weighted by Gasteiger charge is -2.26. The van der Waals surface area contributed by atoms with Crippen LogP contribution in [-0.4, -0.2) is 74.8 Å². The van der Waals surface area contributed by atoms with Crippen LogP contribution in [0.4, 0.5) is 0 Å². The van der Waals surface area contributed by atoms with Crippen LogP contribution in [0.3, 0.4) is 0 Å². The molecule has 0 amide bonds. The van der Waals surface area contributed by atoms with Crippen LogP contribution in [0.5, 0.6) is 0 Å². The molecule has 1 N–H and O–H groups in total. The van der Waals surface area contributed by atoms with E-state index in [1.54, 1.807) is 0 Å². The summed E-state index contributed by atoms with van der Waals surface area (Å²) in [5.41, 5.74) is 0. The zero-order valence-electron chi connectivity index (χ0n) is 17.2. The second-order valence-electron chi connectivity index (χ2n) is 7.47. The summed E-state index contributed by atoms with van der Waals surface area (Å²) in [7, 11) is 0. The van der Waals surface area contributed by atoms with Crippen LogP contribution in [0, 0.1) is 11.8 Å². The third-order valence-corrected chi connectivity index (χ3v) is 5.82. The second kappa shape index (κ2) is 14.0. The quantitative estimate of drug-likeness (QED) is 0.238. The minimum Gasteiger partial charge on any atom is -0.379 e. The highest BCUT2D eigenvalue weighted by Gasteiger charge is 2.29. The molecular formula is C20H41IN4O. The first-order valence-corrected chi connectivity index (χ1v) is 10.6. The van der Waals surface area contributed by atoms with Gasteiger partial charge in [0.15, 0.2) is 5.96 Å². The summed E-state index contributed by atoms with van der Waals surface area (Å²) in [5, 5.41) is 3.51. The Kier molecular flexibility index (Phi) is 12.9. The third-order valence-electron chi connectivity index (χ3n) is 5.82. The largest absolute Gasteiger partial charge is 0.379 e. The van der Waals surface area contributed by atoms with Crippen molar-refractivity contribution < 1.29 is 4.74 Å². The molecule has 154 valence electrons. The lowest BCUT2D eigenvalue weighted by molar-refractivity contribution is 0.0373. The van der Waals surface area contributed by atoms with Crippen molar-refractivity contribution in [1.29, 1.82) is 0 Å². The van der Waals surface area contributed by atoms with Gasteiger partial charge in [-0.15, -0.1) is 24.0 Å². The van der Waals surface area contributed by atoms with Crippen molar-refractivity contribution in [1.82, 2.24) is 15.1 Å². The summed E-state index contributed by atoms with van der Waals surface area (Å²) < 4.78 is 5.41. The number of aliphatic imine (C=N–C) groups is 1. The zero-order chi connectivity index (χ0) is 17.9. The van der Waals surface area contributed by atoms with Gasteiger partial charge in [0, 0.05) is 39.3 Å². The van der Waals surface area contributed by atoms with Crippen LogP contribution in [0.2, 0.25) is 0 Å². The maximum Gasteiger partial charge on any atom is 0.193 e. The Morgan fingerprint density at radius 2 is 1.85 bits per heavy atom. The van der Waals surface area contributed by atoms with Gasteiger partial charge in [0.05, 0.1) is 13.2 Å². The average Bonchev–Trinajstić information content (AvgIpc) is 3.12. The predicted molar refractivity (Wildman–Crippen MR) is 122 cm³/mol. The number of guanidine groups is 1. The maximum absolute atomic E-state index is 5.41. The SMILES string of the molecule is CCNC(=NCCCCN1CCOCC1)N1CCC(C(CC)CC)C1.I. The molecule has 6 heteroatoms. The molecule has 0 aliphatic carbocycles. The number of morpholine rings is 1. The van der Waals surface area contributed by atoms with Crippen molar-refractivity contribution in [2.45, 2.75) is 52.9 Å². The molecule has 0 radical (unpaired) electrons. The van der Waals surface area contributed by atoms with Crippen molar-refractivity contribution in [2.75, 3.05) is 59.0 Å². The highest BCUT2D eigenvalue weighted by atomic mass is 127. The first-order valence-electron chi connectivity index (χ1n) is 10.6. The fourth-order valence-electron chi connectivity index (χ4n) is 4.20. The van der Waals surface area contributed by atoms with E-state index in [2.05, 4.69) is 35.9 Å². The molecule has 2 saturated heterocycles. The topological polar surface area (TPSA) is 40.1 Å².